The second kappa shape index (κ2) is 9.37. The van der Waals surface area contributed by atoms with Gasteiger partial charge in [0, 0.05) is 16.7 Å². The van der Waals surface area contributed by atoms with Gasteiger partial charge in [-0.1, -0.05) is 78.9 Å². The van der Waals surface area contributed by atoms with E-state index >= 15 is 0 Å². The number of esters is 1. The van der Waals surface area contributed by atoms with E-state index in [-0.39, 0.29) is 0 Å². The lowest BCUT2D eigenvalue weighted by Gasteiger charge is -2.33. The summed E-state index contributed by atoms with van der Waals surface area (Å²) in [7, 11) is 1.32. The highest BCUT2D eigenvalue weighted by Gasteiger charge is 2.56. The number of benzene rings is 3. The lowest BCUT2D eigenvalue weighted by molar-refractivity contribution is -0.143. The van der Waals surface area contributed by atoms with Crippen LogP contribution in [-0.2, 0) is 19.8 Å². The number of rotatable bonds is 4. The molecular weight excluding hydrogens is 440 g/mol. The van der Waals surface area contributed by atoms with E-state index in [1.165, 1.54) is 12.0 Å². The van der Waals surface area contributed by atoms with E-state index in [4.69, 9.17) is 14.5 Å². The number of amides is 1. The van der Waals surface area contributed by atoms with Gasteiger partial charge in [-0.05, 0) is 33.8 Å². The minimum absolute atomic E-state index is 0.571. The predicted octanol–water partition coefficient (Wildman–Crippen LogP) is 5.74. The highest BCUT2D eigenvalue weighted by Crippen LogP contribution is 2.48. The molecule has 6 nitrogen and oxygen atoms in total. The van der Waals surface area contributed by atoms with Crippen molar-refractivity contribution >= 4 is 23.5 Å². The number of fused-ring (bicyclic) bond motifs is 1. The van der Waals surface area contributed by atoms with Crippen LogP contribution in [-0.4, -0.2) is 36.5 Å². The molecule has 4 rings (SSSR count). The molecule has 3 aromatic rings. The van der Waals surface area contributed by atoms with Crippen molar-refractivity contribution in [3.05, 3.63) is 102 Å². The van der Waals surface area contributed by atoms with Crippen molar-refractivity contribution in [3.8, 4) is 0 Å². The van der Waals surface area contributed by atoms with Crippen molar-refractivity contribution in [1.29, 1.82) is 0 Å². The van der Waals surface area contributed by atoms with Crippen LogP contribution in [0, 0.1) is 0 Å². The quantitative estimate of drug-likeness (QED) is 0.360. The fourth-order valence-electron chi connectivity index (χ4n) is 4.45. The first-order valence-corrected chi connectivity index (χ1v) is 11.6. The molecule has 0 fully saturated rings. The Hall–Kier alpha value is -3.93. The first kappa shape index (κ1) is 24.2. The molecule has 0 saturated heterocycles. The van der Waals surface area contributed by atoms with Gasteiger partial charge < -0.3 is 9.47 Å². The van der Waals surface area contributed by atoms with Crippen molar-refractivity contribution in [2.75, 3.05) is 12.0 Å². The van der Waals surface area contributed by atoms with Gasteiger partial charge in [-0.15, -0.1) is 0 Å². The molecule has 0 spiro atoms. The summed E-state index contributed by atoms with van der Waals surface area (Å²) in [4.78, 5) is 33.3. The Balaban J connectivity index is 1.97. The zero-order chi connectivity index (χ0) is 25.2. The van der Waals surface area contributed by atoms with E-state index in [0.29, 0.717) is 11.4 Å². The topological polar surface area (TPSA) is 68.2 Å². The molecular formula is C29H30N2O4. The van der Waals surface area contributed by atoms with Crippen LogP contribution >= 0.6 is 0 Å². The normalized spacial score (nSPS) is 19.0. The SMILES string of the molecule is COC(=O)[C@@H]1N(C(=O)OC(C)(C)C)c2ccccc2[C@@]1(C)N=C(c1ccccc1)c1ccccc1. The first-order valence-electron chi connectivity index (χ1n) is 11.6. The van der Waals surface area contributed by atoms with E-state index in [9.17, 15) is 9.59 Å². The number of carbonyl (C=O) groups is 2. The van der Waals surface area contributed by atoms with E-state index in [2.05, 4.69) is 0 Å². The highest BCUT2D eigenvalue weighted by molar-refractivity contribution is 6.13. The molecule has 35 heavy (non-hydrogen) atoms. The number of methoxy groups -OCH3 is 1. The Morgan fingerprint density at radius 1 is 0.857 bits per heavy atom. The van der Waals surface area contributed by atoms with Gasteiger partial charge in [-0.2, -0.15) is 0 Å². The Morgan fingerprint density at radius 3 is 1.89 bits per heavy atom. The fourth-order valence-corrected chi connectivity index (χ4v) is 4.45. The maximum atomic E-state index is 13.4. The molecule has 0 unspecified atom stereocenters. The first-order chi connectivity index (χ1) is 16.7. The Bertz CT molecular complexity index is 1210. The van der Waals surface area contributed by atoms with Gasteiger partial charge in [0.05, 0.1) is 18.5 Å². The smallest absolute Gasteiger partial charge is 0.415 e. The zero-order valence-electron chi connectivity index (χ0n) is 20.7. The fraction of sp³-hybridized carbons (Fsp3) is 0.276. The van der Waals surface area contributed by atoms with Crippen LogP contribution in [0.1, 0.15) is 44.4 Å². The largest absolute Gasteiger partial charge is 0.467 e. The van der Waals surface area contributed by atoms with E-state index in [1.807, 2.05) is 85.8 Å². The zero-order valence-corrected chi connectivity index (χ0v) is 20.7. The van der Waals surface area contributed by atoms with Gasteiger partial charge in [0.25, 0.3) is 0 Å². The molecule has 0 bridgehead atoms. The van der Waals surface area contributed by atoms with E-state index < -0.39 is 29.2 Å². The minimum atomic E-state index is -1.14. The number of para-hydroxylation sites is 1. The third kappa shape index (κ3) is 4.69. The maximum absolute atomic E-state index is 13.4. The van der Waals surface area contributed by atoms with Crippen molar-refractivity contribution < 1.29 is 19.1 Å². The number of hydrogen-bond acceptors (Lipinski definition) is 5. The van der Waals surface area contributed by atoms with Crippen LogP contribution in [0.3, 0.4) is 0 Å². The van der Waals surface area contributed by atoms with Gasteiger partial charge in [0.15, 0.2) is 6.04 Å². The molecule has 6 heteroatoms. The van der Waals surface area contributed by atoms with Crippen molar-refractivity contribution in [1.82, 2.24) is 0 Å². The summed E-state index contributed by atoms with van der Waals surface area (Å²) in [6, 6.07) is 26.0. The summed E-state index contributed by atoms with van der Waals surface area (Å²) >= 11 is 0. The highest BCUT2D eigenvalue weighted by atomic mass is 16.6. The number of anilines is 1. The third-order valence-corrected chi connectivity index (χ3v) is 5.95. The second-order valence-electron chi connectivity index (χ2n) is 9.63. The number of hydrogen-bond donors (Lipinski definition) is 0. The van der Waals surface area contributed by atoms with Gasteiger partial charge in [-0.3, -0.25) is 9.89 Å². The molecule has 1 aliphatic rings. The summed E-state index contributed by atoms with van der Waals surface area (Å²) in [5, 5.41) is 0. The third-order valence-electron chi connectivity index (χ3n) is 5.95. The van der Waals surface area contributed by atoms with Crippen molar-refractivity contribution in [2.24, 2.45) is 4.99 Å². The Kier molecular flexibility index (Phi) is 6.48. The average molecular weight is 471 g/mol. The molecule has 0 N–H and O–H groups in total. The number of carbonyl (C=O) groups excluding carboxylic acids is 2. The minimum Gasteiger partial charge on any atom is -0.467 e. The molecule has 0 saturated carbocycles. The molecule has 0 aliphatic carbocycles. The summed E-state index contributed by atoms with van der Waals surface area (Å²) in [6.07, 6.45) is -0.625. The Labute approximate surface area is 206 Å². The standard InChI is InChI=1S/C29H30N2O4/c1-28(2,3)35-27(33)31-23-19-13-12-18-22(23)29(4,25(31)26(32)34-5)30-24(20-14-8-6-9-15-20)21-16-10-7-11-17-21/h6-19,25H,1-5H3/t25-,29+/m0/s1. The van der Waals surface area contributed by atoms with Crippen molar-refractivity contribution in [2.45, 2.75) is 44.9 Å². The van der Waals surface area contributed by atoms with Crippen LogP contribution < -0.4 is 4.90 Å². The van der Waals surface area contributed by atoms with Crippen LogP contribution in [0.15, 0.2) is 89.9 Å². The predicted molar refractivity (Wildman–Crippen MR) is 137 cm³/mol. The molecule has 1 aliphatic heterocycles. The van der Waals surface area contributed by atoms with Crippen LogP contribution in [0.4, 0.5) is 10.5 Å². The molecule has 0 aromatic heterocycles. The molecule has 0 radical (unpaired) electrons. The number of aliphatic imine (C=N–C) groups is 1. The van der Waals surface area contributed by atoms with Crippen LogP contribution in [0.2, 0.25) is 0 Å². The monoisotopic (exact) mass is 470 g/mol. The summed E-state index contributed by atoms with van der Waals surface area (Å²) in [5.74, 6) is -0.571. The average Bonchev–Trinajstić information content (AvgIpc) is 3.11. The van der Waals surface area contributed by atoms with Crippen molar-refractivity contribution in [3.63, 3.8) is 0 Å². The molecule has 1 amide bonds. The summed E-state index contributed by atoms with van der Waals surface area (Å²) in [6.45, 7) is 7.24. The lowest BCUT2D eigenvalue weighted by Crippen LogP contribution is -2.52. The molecule has 1 heterocycles. The van der Waals surface area contributed by atoms with Gasteiger partial charge in [0.1, 0.15) is 11.1 Å². The number of nitrogens with zero attached hydrogens (tertiary/aromatic N) is 2. The summed E-state index contributed by atoms with van der Waals surface area (Å²) < 4.78 is 10.9. The Morgan fingerprint density at radius 2 is 1.37 bits per heavy atom. The number of ether oxygens (including phenoxy) is 2. The van der Waals surface area contributed by atoms with Crippen LogP contribution in [0.25, 0.3) is 0 Å². The van der Waals surface area contributed by atoms with Crippen LogP contribution in [0.5, 0.6) is 0 Å². The molecule has 2 atom stereocenters. The van der Waals surface area contributed by atoms with E-state index in [1.54, 1.807) is 26.8 Å². The second-order valence-corrected chi connectivity index (χ2v) is 9.63. The molecule has 3 aromatic carbocycles. The van der Waals surface area contributed by atoms with Gasteiger partial charge in [0.2, 0.25) is 0 Å². The maximum Gasteiger partial charge on any atom is 0.415 e. The van der Waals surface area contributed by atoms with Gasteiger partial charge >= 0.3 is 12.1 Å². The summed E-state index contributed by atoms with van der Waals surface area (Å²) in [5.41, 5.74) is 1.95. The molecule has 180 valence electrons. The lowest BCUT2D eigenvalue weighted by atomic mass is 9.87. The van der Waals surface area contributed by atoms with E-state index in [0.717, 1.165) is 16.7 Å². The van der Waals surface area contributed by atoms with Gasteiger partial charge in [-0.25, -0.2) is 9.59 Å².